The lowest BCUT2D eigenvalue weighted by Gasteiger charge is -2.03. The van der Waals surface area contributed by atoms with Gasteiger partial charge >= 0.3 is 5.97 Å². The minimum Gasteiger partial charge on any atom is -0.465 e. The number of nitrogens with zero attached hydrogens (tertiary/aromatic N) is 3. The molecule has 0 aliphatic rings. The molecule has 3 aromatic rings. The molecule has 10 heteroatoms. The molecule has 0 bridgehead atoms. The van der Waals surface area contributed by atoms with E-state index in [-0.39, 0.29) is 16.3 Å². The van der Waals surface area contributed by atoms with E-state index >= 15 is 0 Å². The third-order valence-electron chi connectivity index (χ3n) is 4.00. The number of hydrogen-bond acceptors (Lipinski definition) is 6. The Hall–Kier alpha value is -3.30. The van der Waals surface area contributed by atoms with E-state index in [9.17, 15) is 19.7 Å². The zero-order valence-corrected chi connectivity index (χ0v) is 16.7. The van der Waals surface area contributed by atoms with E-state index in [1.54, 1.807) is 28.8 Å². The first-order valence-corrected chi connectivity index (χ1v) is 9.40. The van der Waals surface area contributed by atoms with Gasteiger partial charge in [-0.25, -0.2) is 4.79 Å². The van der Waals surface area contributed by atoms with Crippen LogP contribution in [0.5, 0.6) is 0 Å². The van der Waals surface area contributed by atoms with Crippen LogP contribution in [0.1, 0.15) is 20.7 Å². The maximum absolute atomic E-state index is 12.7. The van der Waals surface area contributed by atoms with Crippen LogP contribution in [0.4, 0.5) is 5.69 Å². The fraction of sp³-hybridized carbons (Fsp3) is 0.105. The van der Waals surface area contributed by atoms with Crippen LogP contribution < -0.4 is 4.80 Å². The highest BCUT2D eigenvalue weighted by atomic mass is 35.5. The summed E-state index contributed by atoms with van der Waals surface area (Å²) in [5.74, 6) is -1.19. The maximum atomic E-state index is 12.7. The number of carbonyl (C=O) groups excluding carboxylic acids is 2. The number of carbonyl (C=O) groups is 2. The highest BCUT2D eigenvalue weighted by Gasteiger charge is 2.17. The molecule has 1 aromatic heterocycles. The molecule has 0 spiro atoms. The van der Waals surface area contributed by atoms with Crippen molar-refractivity contribution in [2.45, 2.75) is 6.54 Å². The molecule has 0 saturated heterocycles. The molecule has 3 rings (SSSR count). The zero-order chi connectivity index (χ0) is 21.1. The summed E-state index contributed by atoms with van der Waals surface area (Å²) in [4.78, 5) is 39.3. The van der Waals surface area contributed by atoms with Crippen LogP contribution in [-0.2, 0) is 11.3 Å². The summed E-state index contributed by atoms with van der Waals surface area (Å²) in [5.41, 5.74) is 0.788. The fourth-order valence-electron chi connectivity index (χ4n) is 2.65. The Balaban J connectivity index is 2.16. The highest BCUT2D eigenvalue weighted by molar-refractivity contribution is 7.16. The number of benzene rings is 2. The van der Waals surface area contributed by atoms with Crippen molar-refractivity contribution in [2.75, 3.05) is 7.11 Å². The van der Waals surface area contributed by atoms with Crippen molar-refractivity contribution in [3.8, 4) is 0 Å². The second-order valence-electron chi connectivity index (χ2n) is 5.80. The van der Waals surface area contributed by atoms with Gasteiger partial charge in [-0.15, -0.1) is 6.58 Å². The molecule has 0 atom stereocenters. The first-order valence-electron chi connectivity index (χ1n) is 8.21. The molecule has 0 unspecified atom stereocenters. The van der Waals surface area contributed by atoms with Gasteiger partial charge in [0.2, 0.25) is 0 Å². The Morgan fingerprint density at radius 2 is 2.10 bits per heavy atom. The van der Waals surface area contributed by atoms with Crippen LogP contribution in [-0.4, -0.2) is 28.5 Å². The molecule has 8 nitrogen and oxygen atoms in total. The number of thiazole rings is 1. The van der Waals surface area contributed by atoms with Crippen molar-refractivity contribution in [3.63, 3.8) is 0 Å². The number of nitro groups is 1. The monoisotopic (exact) mass is 431 g/mol. The second kappa shape index (κ2) is 8.38. The van der Waals surface area contributed by atoms with Crippen LogP contribution >= 0.6 is 22.9 Å². The lowest BCUT2D eigenvalue weighted by molar-refractivity contribution is -0.384. The van der Waals surface area contributed by atoms with E-state index < -0.39 is 16.8 Å². The average molecular weight is 432 g/mol. The molecule has 0 radical (unpaired) electrons. The summed E-state index contributed by atoms with van der Waals surface area (Å²) in [5, 5.41) is 11.0. The number of ether oxygens (including phenoxy) is 1. The van der Waals surface area contributed by atoms with Crippen LogP contribution in [0, 0.1) is 10.1 Å². The number of rotatable bonds is 5. The second-order valence-corrected chi connectivity index (χ2v) is 7.21. The van der Waals surface area contributed by atoms with Gasteiger partial charge in [0.15, 0.2) is 4.80 Å². The summed E-state index contributed by atoms with van der Waals surface area (Å²) in [6, 6.07) is 8.58. The van der Waals surface area contributed by atoms with Gasteiger partial charge in [0.25, 0.3) is 11.6 Å². The summed E-state index contributed by atoms with van der Waals surface area (Å²) >= 11 is 7.23. The fourth-order valence-corrected chi connectivity index (χ4v) is 3.92. The molecule has 0 aliphatic carbocycles. The number of amides is 1. The van der Waals surface area contributed by atoms with E-state index in [0.29, 0.717) is 21.6 Å². The molecule has 0 saturated carbocycles. The summed E-state index contributed by atoms with van der Waals surface area (Å²) in [6.07, 6.45) is 1.64. The molecule has 0 N–H and O–H groups in total. The minimum absolute atomic E-state index is 0.0636. The molecular formula is C19H14ClN3O5S. The lowest BCUT2D eigenvalue weighted by atomic mass is 10.2. The Morgan fingerprint density at radius 1 is 1.34 bits per heavy atom. The molecule has 1 amide bonds. The summed E-state index contributed by atoms with van der Waals surface area (Å²) in [6.45, 7) is 4.08. The van der Waals surface area contributed by atoms with Crippen LogP contribution in [0.15, 0.2) is 54.0 Å². The van der Waals surface area contributed by atoms with Gasteiger partial charge in [0.05, 0.1) is 38.4 Å². The number of nitro benzene ring substituents is 1. The molecular weight excluding hydrogens is 418 g/mol. The number of hydrogen-bond donors (Lipinski definition) is 0. The zero-order valence-electron chi connectivity index (χ0n) is 15.1. The van der Waals surface area contributed by atoms with Crippen molar-refractivity contribution in [2.24, 2.45) is 4.99 Å². The number of esters is 1. The summed E-state index contributed by atoms with van der Waals surface area (Å²) < 4.78 is 7.19. The molecule has 1 heterocycles. The highest BCUT2D eigenvalue weighted by Crippen LogP contribution is 2.24. The van der Waals surface area contributed by atoms with Gasteiger partial charge in [0, 0.05) is 18.7 Å². The van der Waals surface area contributed by atoms with Crippen molar-refractivity contribution < 1.29 is 19.2 Å². The molecule has 148 valence electrons. The topological polar surface area (TPSA) is 104 Å². The van der Waals surface area contributed by atoms with Gasteiger partial charge in [-0.2, -0.15) is 4.99 Å². The van der Waals surface area contributed by atoms with Crippen molar-refractivity contribution >= 4 is 50.7 Å². The molecule has 2 aromatic carbocycles. The molecule has 0 aliphatic heterocycles. The third kappa shape index (κ3) is 4.10. The number of methoxy groups -OCH3 is 1. The normalized spacial score (nSPS) is 11.4. The van der Waals surface area contributed by atoms with E-state index in [4.69, 9.17) is 16.3 Å². The van der Waals surface area contributed by atoms with Crippen LogP contribution in [0.2, 0.25) is 5.02 Å². The Bertz CT molecular complexity index is 1230. The van der Waals surface area contributed by atoms with E-state index in [1.165, 1.54) is 30.6 Å². The van der Waals surface area contributed by atoms with Crippen LogP contribution in [0.25, 0.3) is 10.2 Å². The molecule has 29 heavy (non-hydrogen) atoms. The minimum atomic E-state index is -0.712. The lowest BCUT2D eigenvalue weighted by Crippen LogP contribution is -2.16. The maximum Gasteiger partial charge on any atom is 0.337 e. The molecule has 0 fully saturated rings. The standard InChI is InChI=1S/C19H14ClN3O5S/c1-3-8-22-15-7-4-11(18(25)28-2)9-16(15)29-19(22)21-17(24)13-10-12(23(26)27)5-6-14(13)20/h3-7,9-10H,1,8H2,2H3. The predicted octanol–water partition coefficient (Wildman–Crippen LogP) is 3.98. The largest absolute Gasteiger partial charge is 0.465 e. The van der Waals surface area contributed by atoms with E-state index in [2.05, 4.69) is 11.6 Å². The van der Waals surface area contributed by atoms with Crippen LogP contribution in [0.3, 0.4) is 0 Å². The quantitative estimate of drug-likeness (QED) is 0.263. The average Bonchev–Trinajstić information content (AvgIpc) is 3.04. The Labute approximate surface area is 173 Å². The van der Waals surface area contributed by atoms with E-state index in [1.807, 2.05) is 0 Å². The summed E-state index contributed by atoms with van der Waals surface area (Å²) in [7, 11) is 1.29. The van der Waals surface area contributed by atoms with Gasteiger partial charge < -0.3 is 9.30 Å². The Kier molecular flexibility index (Phi) is 5.90. The van der Waals surface area contributed by atoms with Gasteiger partial charge in [-0.1, -0.05) is 29.0 Å². The third-order valence-corrected chi connectivity index (χ3v) is 5.37. The smallest absolute Gasteiger partial charge is 0.337 e. The van der Waals surface area contributed by atoms with Crippen molar-refractivity contribution in [1.82, 2.24) is 4.57 Å². The first-order chi connectivity index (χ1) is 13.8. The van der Waals surface area contributed by atoms with Gasteiger partial charge in [0.1, 0.15) is 0 Å². The number of halogens is 1. The van der Waals surface area contributed by atoms with Crippen molar-refractivity contribution in [1.29, 1.82) is 0 Å². The van der Waals surface area contributed by atoms with Gasteiger partial charge in [-0.05, 0) is 24.3 Å². The first kappa shape index (κ1) is 20.4. The SMILES string of the molecule is C=CCn1c(=NC(=O)c2cc([N+](=O)[O-])ccc2Cl)sc2cc(C(=O)OC)ccc21. The predicted molar refractivity (Wildman–Crippen MR) is 109 cm³/mol. The number of aromatic nitrogens is 1. The number of allylic oxidation sites excluding steroid dienone is 1. The van der Waals surface area contributed by atoms with E-state index in [0.717, 1.165) is 11.6 Å². The van der Waals surface area contributed by atoms with Gasteiger partial charge in [-0.3, -0.25) is 14.9 Å². The Morgan fingerprint density at radius 3 is 2.76 bits per heavy atom. The number of fused-ring (bicyclic) bond motifs is 1. The van der Waals surface area contributed by atoms with Crippen molar-refractivity contribution in [3.05, 3.63) is 80.1 Å². The number of non-ortho nitro benzene ring substituents is 1.